The summed E-state index contributed by atoms with van der Waals surface area (Å²) in [5.41, 5.74) is 3.79. The molecule has 30 heavy (non-hydrogen) atoms. The summed E-state index contributed by atoms with van der Waals surface area (Å²) in [6, 6.07) is 8.21. The third-order valence-corrected chi connectivity index (χ3v) is 3.85. The Morgan fingerprint density at radius 1 is 1.20 bits per heavy atom. The summed E-state index contributed by atoms with van der Waals surface area (Å²) in [5.74, 6) is -0.956. The fourth-order valence-corrected chi connectivity index (χ4v) is 2.60. The molecule has 0 radical (unpaired) electrons. The highest BCUT2D eigenvalue weighted by Crippen LogP contribution is 2.39. The molecule has 158 valence electrons. The smallest absolute Gasteiger partial charge is 0.323 e. The normalized spacial score (nSPS) is 10.5. The Morgan fingerprint density at radius 2 is 1.90 bits per heavy atom. The van der Waals surface area contributed by atoms with E-state index in [0.29, 0.717) is 5.75 Å². The van der Waals surface area contributed by atoms with Crippen LogP contribution < -0.4 is 19.6 Å². The van der Waals surface area contributed by atoms with Crippen LogP contribution in [0.1, 0.15) is 23.6 Å². The average molecular weight is 415 g/mol. The summed E-state index contributed by atoms with van der Waals surface area (Å²) in [4.78, 5) is 33.9. The van der Waals surface area contributed by atoms with Crippen molar-refractivity contribution in [1.82, 2.24) is 5.43 Å². The molecule has 2 aromatic rings. The van der Waals surface area contributed by atoms with Gasteiger partial charge >= 0.3 is 11.7 Å². The standard InChI is InChI=1S/C20H21N3O7/c1-12-5-7-16(13(2)9-12)29-11-18(25)22-21-10-15-6-8-17(30-14(3)24)20(28-4)19(15)23(26)27/h5-10H,11H2,1-4H3,(H,22,25). The van der Waals surface area contributed by atoms with Crippen molar-refractivity contribution in [3.63, 3.8) is 0 Å². The second kappa shape index (κ2) is 10.0. The van der Waals surface area contributed by atoms with Crippen LogP contribution in [0.2, 0.25) is 0 Å². The lowest BCUT2D eigenvalue weighted by atomic mass is 10.1. The minimum Gasteiger partial charge on any atom is -0.488 e. The highest BCUT2D eigenvalue weighted by molar-refractivity contribution is 5.90. The molecule has 0 atom stereocenters. The molecule has 0 unspecified atom stereocenters. The number of carbonyl (C=O) groups excluding carboxylic acids is 2. The number of benzene rings is 2. The van der Waals surface area contributed by atoms with Crippen LogP contribution in [0, 0.1) is 24.0 Å². The molecule has 0 saturated heterocycles. The van der Waals surface area contributed by atoms with Gasteiger partial charge in [-0.15, -0.1) is 0 Å². The molecule has 0 heterocycles. The SMILES string of the molecule is COc1c(OC(C)=O)ccc(C=NNC(=O)COc2ccc(C)cc2C)c1[N+](=O)[O-]. The molecule has 0 spiro atoms. The summed E-state index contributed by atoms with van der Waals surface area (Å²) >= 11 is 0. The molecule has 2 rings (SSSR count). The van der Waals surface area contributed by atoms with Gasteiger partial charge in [0.25, 0.3) is 5.91 Å². The van der Waals surface area contributed by atoms with Crippen LogP contribution in [-0.2, 0) is 9.59 Å². The molecule has 1 amide bonds. The zero-order chi connectivity index (χ0) is 22.3. The minimum absolute atomic E-state index is 0.0448. The molecule has 0 saturated carbocycles. The number of nitro benzene ring substituents is 1. The zero-order valence-electron chi connectivity index (χ0n) is 16.9. The van der Waals surface area contributed by atoms with Crippen molar-refractivity contribution >= 4 is 23.8 Å². The molecule has 0 aliphatic carbocycles. The lowest BCUT2D eigenvalue weighted by Crippen LogP contribution is -2.24. The number of nitro groups is 1. The van der Waals surface area contributed by atoms with Gasteiger partial charge in [0.1, 0.15) is 5.75 Å². The minimum atomic E-state index is -0.696. The van der Waals surface area contributed by atoms with Crippen LogP contribution in [-0.4, -0.2) is 36.7 Å². The van der Waals surface area contributed by atoms with Crippen molar-refractivity contribution in [2.45, 2.75) is 20.8 Å². The van der Waals surface area contributed by atoms with E-state index in [1.807, 2.05) is 26.0 Å². The van der Waals surface area contributed by atoms with E-state index in [4.69, 9.17) is 14.2 Å². The van der Waals surface area contributed by atoms with Crippen LogP contribution in [0.3, 0.4) is 0 Å². The largest absolute Gasteiger partial charge is 0.488 e. The zero-order valence-corrected chi connectivity index (χ0v) is 16.9. The van der Waals surface area contributed by atoms with E-state index in [2.05, 4.69) is 10.5 Å². The number of esters is 1. The van der Waals surface area contributed by atoms with Crippen molar-refractivity contribution in [2.24, 2.45) is 5.10 Å². The number of aryl methyl sites for hydroxylation is 2. The number of ether oxygens (including phenoxy) is 3. The second-order valence-electron chi connectivity index (χ2n) is 6.24. The first-order valence-corrected chi connectivity index (χ1v) is 8.78. The van der Waals surface area contributed by atoms with E-state index in [1.165, 1.54) is 19.2 Å². The third-order valence-electron chi connectivity index (χ3n) is 3.85. The summed E-state index contributed by atoms with van der Waals surface area (Å²) in [6.45, 7) is 4.70. The summed E-state index contributed by atoms with van der Waals surface area (Å²) in [7, 11) is 1.21. The third kappa shape index (κ3) is 5.77. The van der Waals surface area contributed by atoms with Gasteiger partial charge in [-0.3, -0.25) is 19.7 Å². The lowest BCUT2D eigenvalue weighted by Gasteiger charge is -2.10. The summed E-state index contributed by atoms with van der Waals surface area (Å²) in [6.07, 6.45) is 1.09. The maximum atomic E-state index is 11.9. The van der Waals surface area contributed by atoms with Crippen molar-refractivity contribution in [3.05, 3.63) is 57.1 Å². The van der Waals surface area contributed by atoms with Gasteiger partial charge in [0.2, 0.25) is 5.75 Å². The molecule has 10 heteroatoms. The molecule has 1 N–H and O–H groups in total. The highest BCUT2D eigenvalue weighted by Gasteiger charge is 2.25. The molecule has 0 bridgehead atoms. The number of amides is 1. The molecule has 0 aliphatic rings. The van der Waals surface area contributed by atoms with E-state index < -0.39 is 22.5 Å². The first-order valence-electron chi connectivity index (χ1n) is 8.78. The van der Waals surface area contributed by atoms with E-state index >= 15 is 0 Å². The Hall–Kier alpha value is -3.95. The Balaban J connectivity index is 2.10. The monoisotopic (exact) mass is 415 g/mol. The van der Waals surface area contributed by atoms with Crippen LogP contribution >= 0.6 is 0 Å². The van der Waals surface area contributed by atoms with E-state index in [9.17, 15) is 19.7 Å². The number of nitrogens with zero attached hydrogens (tertiary/aromatic N) is 2. The quantitative estimate of drug-likeness (QED) is 0.231. The Bertz CT molecular complexity index is 1000. The van der Waals surface area contributed by atoms with Gasteiger partial charge < -0.3 is 14.2 Å². The molecular weight excluding hydrogens is 394 g/mol. The van der Waals surface area contributed by atoms with Crippen molar-refractivity contribution < 1.29 is 28.7 Å². The fourth-order valence-electron chi connectivity index (χ4n) is 2.60. The van der Waals surface area contributed by atoms with Gasteiger partial charge in [-0.2, -0.15) is 5.10 Å². The van der Waals surface area contributed by atoms with Crippen molar-refractivity contribution in [3.8, 4) is 17.2 Å². The second-order valence-corrected chi connectivity index (χ2v) is 6.24. The Labute approximate surface area is 172 Å². The van der Waals surface area contributed by atoms with Gasteiger partial charge in [-0.05, 0) is 37.6 Å². The topological polar surface area (TPSA) is 129 Å². The Morgan fingerprint density at radius 3 is 2.50 bits per heavy atom. The lowest BCUT2D eigenvalue weighted by molar-refractivity contribution is -0.385. The molecule has 10 nitrogen and oxygen atoms in total. The van der Waals surface area contributed by atoms with E-state index in [-0.39, 0.29) is 23.7 Å². The number of carbonyl (C=O) groups is 2. The summed E-state index contributed by atoms with van der Waals surface area (Å²) < 4.78 is 15.4. The molecular formula is C20H21N3O7. The molecule has 0 aromatic heterocycles. The molecule has 0 aliphatic heterocycles. The van der Waals surface area contributed by atoms with Crippen molar-refractivity contribution in [1.29, 1.82) is 0 Å². The number of methoxy groups -OCH3 is 1. The van der Waals surface area contributed by atoms with Gasteiger partial charge in [0, 0.05) is 6.92 Å². The predicted octanol–water partition coefficient (Wildman–Crippen LogP) is 2.67. The molecule has 0 fully saturated rings. The number of hydrazone groups is 1. The number of nitrogens with one attached hydrogen (secondary N) is 1. The number of hydrogen-bond donors (Lipinski definition) is 1. The van der Waals surface area contributed by atoms with Crippen molar-refractivity contribution in [2.75, 3.05) is 13.7 Å². The highest BCUT2D eigenvalue weighted by atomic mass is 16.6. The fraction of sp³-hybridized carbons (Fsp3) is 0.250. The number of hydrogen-bond acceptors (Lipinski definition) is 8. The maximum Gasteiger partial charge on any atom is 0.323 e. The maximum absolute atomic E-state index is 11.9. The van der Waals surface area contributed by atoms with E-state index in [1.54, 1.807) is 6.07 Å². The first kappa shape index (κ1) is 22.3. The van der Waals surface area contributed by atoms with Crippen LogP contribution in [0.4, 0.5) is 5.69 Å². The predicted molar refractivity (Wildman–Crippen MR) is 108 cm³/mol. The molecule has 2 aromatic carbocycles. The Kier molecular flexibility index (Phi) is 7.45. The van der Waals surface area contributed by atoms with Gasteiger partial charge in [0.05, 0.1) is 23.8 Å². The van der Waals surface area contributed by atoms with Crippen LogP contribution in [0.5, 0.6) is 17.2 Å². The van der Waals surface area contributed by atoms with E-state index in [0.717, 1.165) is 24.3 Å². The average Bonchev–Trinajstić information content (AvgIpc) is 2.67. The van der Waals surface area contributed by atoms with Gasteiger partial charge in [0.15, 0.2) is 12.4 Å². The first-order chi connectivity index (χ1) is 14.2. The summed E-state index contributed by atoms with van der Waals surface area (Å²) in [5, 5.41) is 15.2. The van der Waals surface area contributed by atoms with Crippen LogP contribution in [0.25, 0.3) is 0 Å². The number of rotatable bonds is 8. The van der Waals surface area contributed by atoms with Gasteiger partial charge in [-0.25, -0.2) is 5.43 Å². The van der Waals surface area contributed by atoms with Crippen LogP contribution in [0.15, 0.2) is 35.4 Å². The van der Waals surface area contributed by atoms with Gasteiger partial charge in [-0.1, -0.05) is 17.7 Å².